The summed E-state index contributed by atoms with van der Waals surface area (Å²) in [6.45, 7) is 7.85. The minimum Gasteiger partial charge on any atom is -0.391 e. The fourth-order valence-corrected chi connectivity index (χ4v) is 1.98. The summed E-state index contributed by atoms with van der Waals surface area (Å²) in [5.74, 6) is -0.0213. The molecule has 0 rings (SSSR count). The number of hydrogen-bond acceptors (Lipinski definition) is 5. The van der Waals surface area contributed by atoms with Gasteiger partial charge < -0.3 is 21.7 Å². The molecule has 0 aromatic carbocycles. The number of nitrogens with two attached hydrogens (primary N) is 2. The van der Waals surface area contributed by atoms with Crippen LogP contribution >= 0.6 is 0 Å². The second-order valence-corrected chi connectivity index (χ2v) is 5.94. The van der Waals surface area contributed by atoms with E-state index in [4.69, 9.17) is 11.5 Å². The highest BCUT2D eigenvalue weighted by molar-refractivity contribution is 5.84. The normalized spacial score (nSPS) is 19.8. The van der Waals surface area contributed by atoms with Crippen LogP contribution in [-0.4, -0.2) is 40.3 Å². The lowest BCUT2D eigenvalue weighted by atomic mass is 9.89. The number of Topliss-reactive ketones (excluding diaryl/α,β-unsaturated/α-hetero) is 1. The van der Waals surface area contributed by atoms with E-state index in [9.17, 15) is 15.0 Å². The van der Waals surface area contributed by atoms with Crippen molar-refractivity contribution in [3.63, 3.8) is 0 Å². The zero-order valence-corrected chi connectivity index (χ0v) is 12.5. The first-order valence-electron chi connectivity index (χ1n) is 7.10. The number of carbonyl (C=O) groups is 1. The molecule has 0 radical (unpaired) electrons. The van der Waals surface area contributed by atoms with Gasteiger partial charge in [0.1, 0.15) is 6.10 Å². The van der Waals surface area contributed by atoms with Crippen molar-refractivity contribution < 1.29 is 15.0 Å². The van der Waals surface area contributed by atoms with E-state index in [0.717, 1.165) is 6.42 Å². The standard InChI is InChI=1S/C14H30N2O3/c1-5-9(4)13(16)14(19)12(18)7-11(17)10(15)6-8(2)3/h8-11,13-14,17,19H,5-7,15-16H2,1-4H3/t9-,10-,11?,13-,14?/m0/s1. The summed E-state index contributed by atoms with van der Waals surface area (Å²) in [5, 5.41) is 19.7. The van der Waals surface area contributed by atoms with Crippen LogP contribution in [0.4, 0.5) is 0 Å². The van der Waals surface area contributed by atoms with E-state index < -0.39 is 30.1 Å². The van der Waals surface area contributed by atoms with Crippen LogP contribution in [0.25, 0.3) is 0 Å². The van der Waals surface area contributed by atoms with Crippen LogP contribution in [0.15, 0.2) is 0 Å². The maximum atomic E-state index is 11.9. The second kappa shape index (κ2) is 8.64. The fraction of sp³-hybridized carbons (Fsp3) is 0.929. The van der Waals surface area contributed by atoms with Gasteiger partial charge in [0.25, 0.3) is 0 Å². The van der Waals surface area contributed by atoms with Gasteiger partial charge in [0.15, 0.2) is 5.78 Å². The molecule has 0 aromatic heterocycles. The van der Waals surface area contributed by atoms with Gasteiger partial charge in [-0.3, -0.25) is 4.79 Å². The van der Waals surface area contributed by atoms with Gasteiger partial charge in [-0.2, -0.15) is 0 Å². The average Bonchev–Trinajstić information content (AvgIpc) is 2.34. The third-order valence-corrected chi connectivity index (χ3v) is 3.64. The predicted octanol–water partition coefficient (Wildman–Crippen LogP) is 0.414. The van der Waals surface area contributed by atoms with Crippen molar-refractivity contribution in [2.75, 3.05) is 0 Å². The zero-order valence-electron chi connectivity index (χ0n) is 12.5. The third-order valence-electron chi connectivity index (χ3n) is 3.64. The Morgan fingerprint density at radius 3 is 2.11 bits per heavy atom. The number of aliphatic hydroxyl groups is 2. The Labute approximate surface area is 116 Å². The van der Waals surface area contributed by atoms with Gasteiger partial charge in [0.05, 0.1) is 6.10 Å². The molecule has 0 heterocycles. The SMILES string of the molecule is CC[C@H](C)[C@H](N)C(O)C(=O)CC(O)[C@@H](N)CC(C)C. The van der Waals surface area contributed by atoms with Gasteiger partial charge in [-0.05, 0) is 18.3 Å². The molecule has 19 heavy (non-hydrogen) atoms. The monoisotopic (exact) mass is 274 g/mol. The van der Waals surface area contributed by atoms with E-state index in [0.29, 0.717) is 12.3 Å². The summed E-state index contributed by atoms with van der Waals surface area (Å²) >= 11 is 0. The van der Waals surface area contributed by atoms with Crippen molar-refractivity contribution in [1.82, 2.24) is 0 Å². The smallest absolute Gasteiger partial charge is 0.165 e. The lowest BCUT2D eigenvalue weighted by molar-refractivity contribution is -0.131. The number of aliphatic hydroxyl groups excluding tert-OH is 2. The lowest BCUT2D eigenvalue weighted by Crippen LogP contribution is -2.47. The van der Waals surface area contributed by atoms with Crippen LogP contribution < -0.4 is 11.5 Å². The minimum atomic E-state index is -1.23. The van der Waals surface area contributed by atoms with Crippen molar-refractivity contribution in [3.8, 4) is 0 Å². The number of ketones is 1. The number of carbonyl (C=O) groups excluding carboxylic acids is 1. The molecule has 0 saturated carbocycles. The summed E-state index contributed by atoms with van der Waals surface area (Å²) in [6.07, 6.45) is -0.855. The second-order valence-electron chi connectivity index (χ2n) is 5.94. The molecule has 0 spiro atoms. The van der Waals surface area contributed by atoms with Crippen LogP contribution in [0, 0.1) is 11.8 Å². The summed E-state index contributed by atoms with van der Waals surface area (Å²) in [5.41, 5.74) is 11.6. The van der Waals surface area contributed by atoms with Crippen LogP contribution in [0.5, 0.6) is 0 Å². The highest BCUT2D eigenvalue weighted by Crippen LogP contribution is 2.14. The largest absolute Gasteiger partial charge is 0.391 e. The maximum absolute atomic E-state index is 11.9. The predicted molar refractivity (Wildman–Crippen MR) is 76.5 cm³/mol. The van der Waals surface area contributed by atoms with E-state index in [-0.39, 0.29) is 12.3 Å². The van der Waals surface area contributed by atoms with Crippen molar-refractivity contribution in [2.24, 2.45) is 23.3 Å². The van der Waals surface area contributed by atoms with Crippen molar-refractivity contribution in [1.29, 1.82) is 0 Å². The van der Waals surface area contributed by atoms with E-state index in [2.05, 4.69) is 0 Å². The Kier molecular flexibility index (Phi) is 8.41. The van der Waals surface area contributed by atoms with Gasteiger partial charge in [-0.25, -0.2) is 0 Å². The molecule has 0 saturated heterocycles. The van der Waals surface area contributed by atoms with Gasteiger partial charge in [0.2, 0.25) is 0 Å². The maximum Gasteiger partial charge on any atom is 0.165 e. The average molecular weight is 274 g/mol. The van der Waals surface area contributed by atoms with Gasteiger partial charge in [-0.15, -0.1) is 0 Å². The first kappa shape index (κ1) is 18.5. The lowest BCUT2D eigenvalue weighted by Gasteiger charge is -2.25. The zero-order chi connectivity index (χ0) is 15.2. The molecule has 0 aromatic rings. The fourth-order valence-electron chi connectivity index (χ4n) is 1.98. The van der Waals surface area contributed by atoms with E-state index in [1.807, 2.05) is 27.7 Å². The molecule has 0 aliphatic carbocycles. The molecule has 0 bridgehead atoms. The van der Waals surface area contributed by atoms with E-state index in [1.165, 1.54) is 0 Å². The van der Waals surface area contributed by atoms with Crippen LogP contribution in [0.1, 0.15) is 47.0 Å². The van der Waals surface area contributed by atoms with Crippen LogP contribution in [-0.2, 0) is 4.79 Å². The summed E-state index contributed by atoms with van der Waals surface area (Å²) in [6, 6.07) is -1.04. The Balaban J connectivity index is 4.35. The molecule has 5 nitrogen and oxygen atoms in total. The Morgan fingerprint density at radius 2 is 1.68 bits per heavy atom. The molecule has 0 aliphatic heterocycles. The molecule has 5 heteroatoms. The Bertz CT molecular complexity index is 271. The van der Waals surface area contributed by atoms with Gasteiger partial charge >= 0.3 is 0 Å². The molecule has 0 amide bonds. The third kappa shape index (κ3) is 6.47. The van der Waals surface area contributed by atoms with Crippen molar-refractivity contribution in [2.45, 2.75) is 71.2 Å². The molecule has 6 N–H and O–H groups in total. The summed E-state index contributed by atoms with van der Waals surface area (Å²) in [4.78, 5) is 11.9. The molecule has 114 valence electrons. The van der Waals surface area contributed by atoms with Crippen molar-refractivity contribution >= 4 is 5.78 Å². The minimum absolute atomic E-state index is 0.0560. The highest BCUT2D eigenvalue weighted by atomic mass is 16.3. The van der Waals surface area contributed by atoms with Gasteiger partial charge in [-0.1, -0.05) is 34.1 Å². The quantitative estimate of drug-likeness (QED) is 0.487. The summed E-state index contributed by atoms with van der Waals surface area (Å²) in [7, 11) is 0. The van der Waals surface area contributed by atoms with Crippen molar-refractivity contribution in [3.05, 3.63) is 0 Å². The molecule has 5 atom stereocenters. The van der Waals surface area contributed by atoms with Crippen LogP contribution in [0.2, 0.25) is 0 Å². The Morgan fingerprint density at radius 1 is 1.16 bits per heavy atom. The molecular formula is C14H30N2O3. The van der Waals surface area contributed by atoms with Crippen LogP contribution in [0.3, 0.4) is 0 Å². The molecule has 0 fully saturated rings. The van der Waals surface area contributed by atoms with Gasteiger partial charge in [0, 0.05) is 18.5 Å². The first-order valence-corrected chi connectivity index (χ1v) is 7.10. The topological polar surface area (TPSA) is 110 Å². The number of hydrogen-bond donors (Lipinski definition) is 4. The Hall–Kier alpha value is -0.490. The molecule has 0 aliphatic rings. The highest BCUT2D eigenvalue weighted by Gasteiger charge is 2.29. The van der Waals surface area contributed by atoms with E-state index >= 15 is 0 Å². The number of rotatable bonds is 9. The summed E-state index contributed by atoms with van der Waals surface area (Å²) < 4.78 is 0. The first-order chi connectivity index (χ1) is 8.70. The molecule has 2 unspecified atom stereocenters. The molecular weight excluding hydrogens is 244 g/mol. The van der Waals surface area contributed by atoms with E-state index in [1.54, 1.807) is 0 Å².